The van der Waals surface area contributed by atoms with E-state index in [4.69, 9.17) is 14.5 Å². The third kappa shape index (κ3) is 5.01. The van der Waals surface area contributed by atoms with Crippen molar-refractivity contribution >= 4 is 17.3 Å². The minimum absolute atomic E-state index is 0.0346. The molecule has 0 amide bonds. The average Bonchev–Trinajstić information content (AvgIpc) is 3.54. The Morgan fingerprint density at radius 2 is 2.00 bits per heavy atom. The van der Waals surface area contributed by atoms with Crippen LogP contribution in [0.25, 0.3) is 16.6 Å². The fourth-order valence-electron chi connectivity index (χ4n) is 5.41. The van der Waals surface area contributed by atoms with Gasteiger partial charge in [0.25, 0.3) is 0 Å². The summed E-state index contributed by atoms with van der Waals surface area (Å²) in [5, 5.41) is 13.9. The summed E-state index contributed by atoms with van der Waals surface area (Å²) in [7, 11) is 0. The van der Waals surface area contributed by atoms with Gasteiger partial charge in [-0.1, -0.05) is 6.92 Å². The number of hydrogen-bond donors (Lipinski definition) is 0. The number of pyridine rings is 2. The molecule has 3 aromatic rings. The maximum atomic E-state index is 12.5. The second kappa shape index (κ2) is 10.2. The Labute approximate surface area is 211 Å². The number of carbonyl (C=O) groups excluding carboxylic acids is 1. The molecule has 0 spiro atoms. The summed E-state index contributed by atoms with van der Waals surface area (Å²) in [5.41, 5.74) is 2.99. The zero-order valence-corrected chi connectivity index (χ0v) is 21.1. The van der Waals surface area contributed by atoms with Crippen LogP contribution in [-0.4, -0.2) is 46.4 Å². The summed E-state index contributed by atoms with van der Waals surface area (Å²) < 4.78 is 13.1. The molecule has 0 aromatic carbocycles. The van der Waals surface area contributed by atoms with Crippen molar-refractivity contribution < 1.29 is 14.3 Å². The van der Waals surface area contributed by atoms with Crippen LogP contribution >= 0.6 is 0 Å². The minimum atomic E-state index is -0.0439. The van der Waals surface area contributed by atoms with Crippen LogP contribution in [0.5, 0.6) is 5.75 Å². The van der Waals surface area contributed by atoms with Gasteiger partial charge in [0.1, 0.15) is 23.7 Å². The third-order valence-corrected chi connectivity index (χ3v) is 7.54. The first-order chi connectivity index (χ1) is 17.5. The minimum Gasteiger partial charge on any atom is -0.492 e. The lowest BCUT2D eigenvalue weighted by molar-refractivity contribution is -0.151. The number of piperidine rings is 1. The van der Waals surface area contributed by atoms with Crippen molar-refractivity contribution in [1.29, 1.82) is 5.26 Å². The van der Waals surface area contributed by atoms with Gasteiger partial charge in [-0.3, -0.25) is 4.79 Å². The van der Waals surface area contributed by atoms with Crippen LogP contribution in [0, 0.1) is 16.7 Å². The summed E-state index contributed by atoms with van der Waals surface area (Å²) in [6, 6.07) is 8.23. The Balaban J connectivity index is 1.28. The lowest BCUT2D eigenvalue weighted by Gasteiger charge is -2.39. The van der Waals surface area contributed by atoms with Crippen molar-refractivity contribution in [3.63, 3.8) is 0 Å². The molecule has 5 rings (SSSR count). The fraction of sp³-hybridized carbons (Fsp3) is 0.500. The molecule has 8 nitrogen and oxygen atoms in total. The van der Waals surface area contributed by atoms with E-state index in [9.17, 15) is 10.1 Å². The van der Waals surface area contributed by atoms with Crippen molar-refractivity contribution in [3.8, 4) is 22.9 Å². The quantitative estimate of drug-likeness (QED) is 0.426. The van der Waals surface area contributed by atoms with E-state index in [-0.39, 0.29) is 17.5 Å². The smallest absolute Gasteiger partial charge is 0.306 e. The first kappa shape index (κ1) is 24.1. The van der Waals surface area contributed by atoms with Crippen molar-refractivity contribution in [2.45, 2.75) is 64.9 Å². The molecule has 188 valence electrons. The van der Waals surface area contributed by atoms with Crippen molar-refractivity contribution in [3.05, 3.63) is 42.4 Å². The maximum Gasteiger partial charge on any atom is 0.306 e. The number of carbonyl (C=O) groups is 1. The lowest BCUT2D eigenvalue weighted by Crippen LogP contribution is -2.40. The molecular formula is C28H33N5O3. The molecule has 1 saturated heterocycles. The van der Waals surface area contributed by atoms with E-state index in [0.29, 0.717) is 24.3 Å². The van der Waals surface area contributed by atoms with E-state index in [1.165, 1.54) is 12.8 Å². The largest absolute Gasteiger partial charge is 0.492 e. The normalized spacial score (nSPS) is 17.8. The molecule has 4 heterocycles. The number of nitriles is 1. The molecule has 2 fully saturated rings. The van der Waals surface area contributed by atoms with Crippen LogP contribution in [0.2, 0.25) is 0 Å². The zero-order valence-electron chi connectivity index (χ0n) is 21.1. The molecule has 0 atom stereocenters. The number of rotatable bonds is 7. The summed E-state index contributed by atoms with van der Waals surface area (Å²) in [5.74, 6) is 1.57. The third-order valence-electron chi connectivity index (χ3n) is 7.54. The van der Waals surface area contributed by atoms with Gasteiger partial charge in [0, 0.05) is 30.4 Å². The van der Waals surface area contributed by atoms with Gasteiger partial charge in [-0.2, -0.15) is 10.4 Å². The first-order valence-electron chi connectivity index (χ1n) is 12.9. The number of esters is 1. The van der Waals surface area contributed by atoms with Gasteiger partial charge in [-0.15, -0.1) is 0 Å². The van der Waals surface area contributed by atoms with Gasteiger partial charge in [0.2, 0.25) is 0 Å². The number of fused-ring (bicyclic) bond motifs is 1. The van der Waals surface area contributed by atoms with E-state index < -0.39 is 0 Å². The van der Waals surface area contributed by atoms with E-state index in [1.54, 1.807) is 16.9 Å². The monoisotopic (exact) mass is 487 g/mol. The Kier molecular flexibility index (Phi) is 6.82. The highest BCUT2D eigenvalue weighted by Gasteiger charge is 2.34. The van der Waals surface area contributed by atoms with Crippen LogP contribution in [-0.2, 0) is 9.53 Å². The molecule has 0 bridgehead atoms. The van der Waals surface area contributed by atoms with Gasteiger partial charge in [-0.25, -0.2) is 9.50 Å². The number of hydrogen-bond acceptors (Lipinski definition) is 7. The first-order valence-corrected chi connectivity index (χ1v) is 12.9. The molecule has 0 N–H and O–H groups in total. The van der Waals surface area contributed by atoms with Gasteiger partial charge in [0.05, 0.1) is 36.5 Å². The second-order valence-electron chi connectivity index (χ2n) is 10.3. The predicted molar refractivity (Wildman–Crippen MR) is 137 cm³/mol. The lowest BCUT2D eigenvalue weighted by atomic mass is 9.77. The van der Waals surface area contributed by atoms with Crippen molar-refractivity contribution in [2.75, 3.05) is 24.6 Å². The predicted octanol–water partition coefficient (Wildman–Crippen LogP) is 5.15. The highest BCUT2D eigenvalue weighted by molar-refractivity contribution is 5.85. The Morgan fingerprint density at radius 1 is 1.22 bits per heavy atom. The van der Waals surface area contributed by atoms with Crippen LogP contribution in [0.3, 0.4) is 0 Å². The molecule has 2 aliphatic rings. The van der Waals surface area contributed by atoms with Crippen LogP contribution in [0.4, 0.5) is 5.82 Å². The molecule has 3 aromatic heterocycles. The zero-order chi connectivity index (χ0) is 25.1. The Hall–Kier alpha value is -3.60. The maximum absolute atomic E-state index is 12.5. The number of nitrogens with zero attached hydrogens (tertiary/aromatic N) is 5. The standard InChI is InChI=1S/C28H33N5O3/c1-3-35-23-14-24(27-21(16-29)18-31-33(27)19-23)20-8-9-25(30-17-20)32-12-10-28(2,11-13-32)15-26(34)36-22-6-4-5-7-22/h8-9,14,17-19,22H,3-7,10-13,15H2,1-2H3. The topological polar surface area (TPSA) is 92.7 Å². The number of anilines is 1. The van der Waals surface area contributed by atoms with Gasteiger partial charge in [-0.05, 0) is 69.1 Å². The fourth-order valence-corrected chi connectivity index (χ4v) is 5.41. The summed E-state index contributed by atoms with van der Waals surface area (Å²) in [4.78, 5) is 19.5. The van der Waals surface area contributed by atoms with E-state index in [1.807, 2.05) is 31.3 Å². The molecule has 1 aliphatic carbocycles. The molecule has 8 heteroatoms. The van der Waals surface area contributed by atoms with Crippen molar-refractivity contribution in [1.82, 2.24) is 14.6 Å². The van der Waals surface area contributed by atoms with Gasteiger partial charge < -0.3 is 14.4 Å². The average molecular weight is 488 g/mol. The highest BCUT2D eigenvalue weighted by atomic mass is 16.5. The van der Waals surface area contributed by atoms with Gasteiger partial charge >= 0.3 is 5.97 Å². The summed E-state index contributed by atoms with van der Waals surface area (Å²) in [6.07, 6.45) is 12.0. The van der Waals surface area contributed by atoms with Crippen LogP contribution < -0.4 is 9.64 Å². The molecule has 0 radical (unpaired) electrons. The summed E-state index contributed by atoms with van der Waals surface area (Å²) in [6.45, 7) is 6.38. The molecule has 36 heavy (non-hydrogen) atoms. The second-order valence-corrected chi connectivity index (χ2v) is 10.3. The van der Waals surface area contributed by atoms with Crippen LogP contribution in [0.1, 0.15) is 64.4 Å². The SMILES string of the molecule is CCOc1cc(-c2ccc(N3CCC(C)(CC(=O)OC4CCCC4)CC3)nc2)c2c(C#N)cnn2c1. The number of aromatic nitrogens is 3. The van der Waals surface area contributed by atoms with Crippen molar-refractivity contribution in [2.24, 2.45) is 5.41 Å². The van der Waals surface area contributed by atoms with E-state index in [0.717, 1.165) is 61.2 Å². The van der Waals surface area contributed by atoms with Gasteiger partial charge in [0.15, 0.2) is 0 Å². The summed E-state index contributed by atoms with van der Waals surface area (Å²) >= 11 is 0. The van der Waals surface area contributed by atoms with E-state index in [2.05, 4.69) is 23.0 Å². The Bertz CT molecular complexity index is 1260. The number of ether oxygens (including phenoxy) is 2. The molecule has 1 saturated carbocycles. The van der Waals surface area contributed by atoms with Crippen LogP contribution in [0.15, 0.2) is 36.8 Å². The molecular weight excluding hydrogens is 454 g/mol. The Morgan fingerprint density at radius 3 is 2.67 bits per heavy atom. The highest BCUT2D eigenvalue weighted by Crippen LogP contribution is 2.37. The molecule has 0 unspecified atom stereocenters. The van der Waals surface area contributed by atoms with E-state index >= 15 is 0 Å². The molecule has 1 aliphatic heterocycles.